The molecule has 0 N–H and O–H groups in total. The Morgan fingerprint density at radius 1 is 1.12 bits per heavy atom. The summed E-state index contributed by atoms with van der Waals surface area (Å²) in [6, 6.07) is 13.8. The van der Waals surface area contributed by atoms with Crippen LogP contribution in [0.2, 0.25) is 0 Å². The lowest BCUT2D eigenvalue weighted by molar-refractivity contribution is 0.138. The van der Waals surface area contributed by atoms with Gasteiger partial charge in [-0.1, -0.05) is 36.8 Å². The van der Waals surface area contributed by atoms with Crippen molar-refractivity contribution in [1.29, 1.82) is 0 Å². The number of piperidine rings is 1. The summed E-state index contributed by atoms with van der Waals surface area (Å²) < 4.78 is 2.53. The molecular weight excluding hydrogens is 318 g/mol. The minimum Gasteiger partial charge on any atom is -0.329 e. The summed E-state index contributed by atoms with van der Waals surface area (Å²) in [6.45, 7) is 5.67. The average Bonchev–Trinajstić information content (AvgIpc) is 3.00. The first kappa shape index (κ1) is 16.1. The molecule has 26 heavy (non-hydrogen) atoms. The smallest absolute Gasteiger partial charge is 0.140 e. The van der Waals surface area contributed by atoms with E-state index in [1.807, 2.05) is 6.20 Å². The normalized spacial score (nSPS) is 20.1. The number of rotatable bonds is 3. The molecule has 0 amide bonds. The van der Waals surface area contributed by atoms with Crippen LogP contribution in [0.1, 0.15) is 47.7 Å². The highest BCUT2D eigenvalue weighted by atomic mass is 15.2. The highest BCUT2D eigenvalue weighted by Crippen LogP contribution is 2.42. The highest BCUT2D eigenvalue weighted by molar-refractivity contribution is 5.84. The molecule has 0 spiro atoms. The summed E-state index contributed by atoms with van der Waals surface area (Å²) in [7, 11) is 0. The first-order valence-corrected chi connectivity index (χ1v) is 10.1. The van der Waals surface area contributed by atoms with Gasteiger partial charge in [-0.2, -0.15) is 0 Å². The molecule has 0 bridgehead atoms. The molecule has 0 aliphatic carbocycles. The van der Waals surface area contributed by atoms with Crippen molar-refractivity contribution < 1.29 is 0 Å². The molecule has 1 aromatic carbocycles. The summed E-state index contributed by atoms with van der Waals surface area (Å²) in [5, 5.41) is 1.41. The second-order valence-electron chi connectivity index (χ2n) is 7.93. The van der Waals surface area contributed by atoms with Crippen molar-refractivity contribution >= 4 is 11.0 Å². The lowest BCUT2D eigenvalue weighted by Crippen LogP contribution is -2.39. The molecule has 2 aliphatic rings. The van der Waals surface area contributed by atoms with E-state index in [1.54, 1.807) is 11.3 Å². The van der Waals surface area contributed by atoms with Gasteiger partial charge in [-0.05, 0) is 55.5 Å². The number of pyridine rings is 1. The summed E-state index contributed by atoms with van der Waals surface area (Å²) in [6.07, 6.45) is 8.29. The molecule has 134 valence electrons. The van der Waals surface area contributed by atoms with Crippen LogP contribution in [-0.2, 0) is 19.4 Å². The van der Waals surface area contributed by atoms with Crippen LogP contribution in [0.3, 0.4) is 0 Å². The molecule has 1 saturated heterocycles. The molecule has 0 saturated carbocycles. The van der Waals surface area contributed by atoms with Crippen molar-refractivity contribution in [2.45, 2.75) is 51.6 Å². The fourth-order valence-electron chi connectivity index (χ4n) is 5.01. The van der Waals surface area contributed by atoms with Crippen molar-refractivity contribution in [1.82, 2.24) is 14.5 Å². The molecule has 1 unspecified atom stereocenters. The molecular formula is C23H27N3. The van der Waals surface area contributed by atoms with Crippen LogP contribution in [0.15, 0.2) is 42.6 Å². The van der Waals surface area contributed by atoms with E-state index >= 15 is 0 Å². The molecule has 3 aromatic rings. The Kier molecular flexibility index (Phi) is 4.05. The number of benzene rings is 1. The third-order valence-corrected chi connectivity index (χ3v) is 6.24. The Labute approximate surface area is 155 Å². The van der Waals surface area contributed by atoms with Crippen LogP contribution < -0.4 is 0 Å². The van der Waals surface area contributed by atoms with Crippen molar-refractivity contribution in [3.8, 4) is 0 Å². The first-order chi connectivity index (χ1) is 12.8. The molecule has 1 atom stereocenters. The number of nitrogens with zero attached hydrogens (tertiary/aromatic N) is 3. The fourth-order valence-corrected chi connectivity index (χ4v) is 5.01. The van der Waals surface area contributed by atoms with Crippen LogP contribution in [0.5, 0.6) is 0 Å². The van der Waals surface area contributed by atoms with Crippen molar-refractivity contribution in [2.75, 3.05) is 13.1 Å². The van der Waals surface area contributed by atoms with Crippen molar-refractivity contribution in [3.05, 3.63) is 65.0 Å². The zero-order chi connectivity index (χ0) is 17.5. The minimum atomic E-state index is 0.608. The molecule has 0 radical (unpaired) electrons. The van der Waals surface area contributed by atoms with Gasteiger partial charge < -0.3 is 4.57 Å². The zero-order valence-corrected chi connectivity index (χ0v) is 15.6. The van der Waals surface area contributed by atoms with Gasteiger partial charge >= 0.3 is 0 Å². The largest absolute Gasteiger partial charge is 0.329 e. The van der Waals surface area contributed by atoms with Crippen LogP contribution in [0.4, 0.5) is 0 Å². The zero-order valence-electron chi connectivity index (χ0n) is 15.6. The second kappa shape index (κ2) is 6.55. The Balaban J connectivity index is 1.60. The lowest BCUT2D eigenvalue weighted by atomic mass is 9.89. The van der Waals surface area contributed by atoms with E-state index in [0.717, 1.165) is 19.4 Å². The number of aryl methyl sites for hydroxylation is 3. The van der Waals surface area contributed by atoms with Crippen LogP contribution in [-0.4, -0.2) is 27.5 Å². The maximum atomic E-state index is 4.88. The third-order valence-electron chi connectivity index (χ3n) is 6.24. The van der Waals surface area contributed by atoms with Gasteiger partial charge in [0.15, 0.2) is 0 Å². The topological polar surface area (TPSA) is 21.1 Å². The summed E-state index contributed by atoms with van der Waals surface area (Å²) in [4.78, 5) is 7.60. The highest BCUT2D eigenvalue weighted by Gasteiger charge is 2.34. The third kappa shape index (κ3) is 2.66. The van der Waals surface area contributed by atoms with E-state index in [4.69, 9.17) is 4.98 Å². The van der Waals surface area contributed by atoms with Gasteiger partial charge in [0, 0.05) is 42.8 Å². The molecule has 2 aliphatic heterocycles. The monoisotopic (exact) mass is 345 g/mol. The van der Waals surface area contributed by atoms with Crippen LogP contribution in [0, 0.1) is 6.92 Å². The first-order valence-electron chi connectivity index (χ1n) is 10.1. The molecule has 5 rings (SSSR count). The second-order valence-corrected chi connectivity index (χ2v) is 7.93. The molecule has 1 fully saturated rings. The maximum Gasteiger partial charge on any atom is 0.140 e. The number of aromatic nitrogens is 2. The fraction of sp³-hybridized carbons (Fsp3) is 0.435. The Morgan fingerprint density at radius 2 is 2.00 bits per heavy atom. The number of fused-ring (bicyclic) bond motifs is 5. The van der Waals surface area contributed by atoms with E-state index in [9.17, 15) is 0 Å². The van der Waals surface area contributed by atoms with E-state index < -0.39 is 0 Å². The molecule has 3 nitrogen and oxygen atoms in total. The Bertz CT molecular complexity index is 926. The quantitative estimate of drug-likeness (QED) is 0.688. The van der Waals surface area contributed by atoms with E-state index in [1.165, 1.54) is 54.5 Å². The predicted molar refractivity (Wildman–Crippen MR) is 106 cm³/mol. The summed E-state index contributed by atoms with van der Waals surface area (Å²) in [5.41, 5.74) is 7.02. The van der Waals surface area contributed by atoms with Crippen molar-refractivity contribution in [3.63, 3.8) is 0 Å². The SMILES string of the molecule is Cc1cnc2c(c1)c1c(n2CCc2ccccc2)CCN2CCCCC12. The van der Waals surface area contributed by atoms with Gasteiger partial charge in [0.05, 0.1) is 0 Å². The predicted octanol–water partition coefficient (Wildman–Crippen LogP) is 4.67. The Hall–Kier alpha value is -2.13. The lowest BCUT2D eigenvalue weighted by Gasteiger charge is -2.39. The summed E-state index contributed by atoms with van der Waals surface area (Å²) >= 11 is 0. The molecule has 4 heterocycles. The van der Waals surface area contributed by atoms with Gasteiger partial charge in [0.2, 0.25) is 0 Å². The van der Waals surface area contributed by atoms with E-state index in [0.29, 0.717) is 6.04 Å². The van der Waals surface area contributed by atoms with Gasteiger partial charge in [-0.15, -0.1) is 0 Å². The van der Waals surface area contributed by atoms with Gasteiger partial charge in [0.25, 0.3) is 0 Å². The number of hydrogen-bond donors (Lipinski definition) is 0. The van der Waals surface area contributed by atoms with Gasteiger partial charge in [-0.3, -0.25) is 4.90 Å². The molecule has 3 heteroatoms. The van der Waals surface area contributed by atoms with Gasteiger partial charge in [0.1, 0.15) is 5.65 Å². The van der Waals surface area contributed by atoms with Crippen LogP contribution in [0.25, 0.3) is 11.0 Å². The van der Waals surface area contributed by atoms with Crippen molar-refractivity contribution in [2.24, 2.45) is 0 Å². The van der Waals surface area contributed by atoms with E-state index in [-0.39, 0.29) is 0 Å². The summed E-state index contributed by atoms with van der Waals surface area (Å²) in [5.74, 6) is 0. The van der Waals surface area contributed by atoms with Gasteiger partial charge in [-0.25, -0.2) is 4.98 Å². The number of hydrogen-bond acceptors (Lipinski definition) is 2. The van der Waals surface area contributed by atoms with Crippen LogP contribution >= 0.6 is 0 Å². The standard InChI is InChI=1S/C23H27N3/c1-17-15-19-22-20-9-5-6-12-25(20)13-11-21(22)26(23(19)24-16-17)14-10-18-7-3-2-4-8-18/h2-4,7-8,15-16,20H,5-6,9-14H2,1H3. The minimum absolute atomic E-state index is 0.608. The van der Waals surface area contributed by atoms with E-state index in [2.05, 4.69) is 52.8 Å². The maximum absolute atomic E-state index is 4.88. The molecule has 2 aromatic heterocycles. The Morgan fingerprint density at radius 3 is 2.88 bits per heavy atom. The average molecular weight is 345 g/mol.